The fraction of sp³-hybridized carbons (Fsp3) is 0.667. The molecule has 0 bridgehead atoms. The number of rotatable bonds is 1. The van der Waals surface area contributed by atoms with Gasteiger partial charge in [-0.1, -0.05) is 32.4 Å². The van der Waals surface area contributed by atoms with Crippen LogP contribution in [0.15, 0.2) is 12.4 Å². The molecule has 2 aromatic heterocycles. The Balaban J connectivity index is 1.82. The molecule has 1 aliphatic rings. The van der Waals surface area contributed by atoms with Gasteiger partial charge < -0.3 is 0 Å². The van der Waals surface area contributed by atoms with Crippen LogP contribution < -0.4 is 0 Å². The molecular weight excluding hydrogens is 272 g/mol. The fourth-order valence-electron chi connectivity index (χ4n) is 3.31. The van der Waals surface area contributed by atoms with Crippen molar-refractivity contribution in [2.45, 2.75) is 52.4 Å². The van der Waals surface area contributed by atoms with Crippen LogP contribution in [0.5, 0.6) is 0 Å². The third-order valence-electron chi connectivity index (χ3n) is 4.63. The Morgan fingerprint density at radius 1 is 1.15 bits per heavy atom. The van der Waals surface area contributed by atoms with Gasteiger partial charge in [-0.15, -0.1) is 10.2 Å². The van der Waals surface area contributed by atoms with Crippen LogP contribution in [0.1, 0.15) is 58.2 Å². The van der Waals surface area contributed by atoms with Gasteiger partial charge in [-0.2, -0.15) is 0 Å². The van der Waals surface area contributed by atoms with Gasteiger partial charge in [0.05, 0.1) is 0 Å². The number of aromatic nitrogens is 4. The largest absolute Gasteiger partial charge is 0.282 e. The highest BCUT2D eigenvalue weighted by Gasteiger charge is 2.32. The summed E-state index contributed by atoms with van der Waals surface area (Å²) in [6.07, 6.45) is 8.52. The zero-order chi connectivity index (χ0) is 14.3. The quantitative estimate of drug-likeness (QED) is 0.795. The van der Waals surface area contributed by atoms with E-state index in [0.717, 1.165) is 11.7 Å². The number of hydrogen-bond donors (Lipinski definition) is 0. The lowest BCUT2D eigenvalue weighted by Gasteiger charge is -2.36. The minimum Gasteiger partial charge on any atom is -0.282 e. The molecular formula is C15H21ClN4. The Morgan fingerprint density at radius 2 is 1.85 bits per heavy atom. The van der Waals surface area contributed by atoms with Gasteiger partial charge >= 0.3 is 0 Å². The number of fused-ring (bicyclic) bond motifs is 1. The standard InChI is InChI=1S/C15H21ClN4/c1-15(2,3)11-6-4-10(5-7-11)13-18-19-14-12(16)17-8-9-20(13)14/h8-11H,4-7H2,1-3H3. The number of hydrogen-bond acceptors (Lipinski definition) is 3. The summed E-state index contributed by atoms with van der Waals surface area (Å²) in [5.74, 6) is 2.34. The molecule has 0 aliphatic heterocycles. The third-order valence-corrected chi connectivity index (χ3v) is 4.89. The average Bonchev–Trinajstić information content (AvgIpc) is 2.83. The molecule has 0 aromatic carbocycles. The molecule has 0 amide bonds. The first-order valence-electron chi connectivity index (χ1n) is 7.32. The summed E-state index contributed by atoms with van der Waals surface area (Å²) in [5, 5.41) is 8.96. The summed E-state index contributed by atoms with van der Waals surface area (Å²) < 4.78 is 2.00. The molecule has 20 heavy (non-hydrogen) atoms. The predicted octanol–water partition coefficient (Wildman–Crippen LogP) is 4.10. The van der Waals surface area contributed by atoms with E-state index in [0.29, 0.717) is 22.1 Å². The van der Waals surface area contributed by atoms with Crippen LogP contribution in [0.3, 0.4) is 0 Å². The van der Waals surface area contributed by atoms with Crippen LogP contribution in [0.4, 0.5) is 0 Å². The van der Waals surface area contributed by atoms with Crippen molar-refractivity contribution < 1.29 is 0 Å². The van der Waals surface area contributed by atoms with Crippen molar-refractivity contribution in [3.8, 4) is 0 Å². The van der Waals surface area contributed by atoms with Crippen molar-refractivity contribution in [2.75, 3.05) is 0 Å². The Bertz CT molecular complexity index is 606. The SMILES string of the molecule is CC(C)(C)C1CCC(c2nnc3c(Cl)nccn23)CC1. The minimum absolute atomic E-state index is 0.408. The van der Waals surface area contributed by atoms with Crippen molar-refractivity contribution >= 4 is 17.2 Å². The monoisotopic (exact) mass is 292 g/mol. The number of halogens is 1. The van der Waals surface area contributed by atoms with Crippen molar-refractivity contribution in [3.05, 3.63) is 23.4 Å². The molecule has 108 valence electrons. The van der Waals surface area contributed by atoms with Crippen molar-refractivity contribution in [1.29, 1.82) is 0 Å². The van der Waals surface area contributed by atoms with Gasteiger partial charge in [0.1, 0.15) is 5.82 Å². The molecule has 0 saturated heterocycles. The maximum atomic E-state index is 6.06. The van der Waals surface area contributed by atoms with Crippen LogP contribution in [0, 0.1) is 11.3 Å². The minimum atomic E-state index is 0.408. The smallest absolute Gasteiger partial charge is 0.198 e. The second kappa shape index (κ2) is 4.99. The fourth-order valence-corrected chi connectivity index (χ4v) is 3.50. The topological polar surface area (TPSA) is 43.1 Å². The molecule has 0 atom stereocenters. The zero-order valence-electron chi connectivity index (χ0n) is 12.3. The molecule has 0 N–H and O–H groups in total. The molecule has 2 aromatic rings. The lowest BCUT2D eigenvalue weighted by molar-refractivity contribution is 0.167. The van der Waals surface area contributed by atoms with Crippen LogP contribution in [0.25, 0.3) is 5.65 Å². The molecule has 0 unspecified atom stereocenters. The van der Waals surface area contributed by atoms with Gasteiger partial charge in [-0.3, -0.25) is 4.40 Å². The Labute approximate surface area is 124 Å². The van der Waals surface area contributed by atoms with E-state index in [4.69, 9.17) is 11.6 Å². The van der Waals surface area contributed by atoms with E-state index < -0.39 is 0 Å². The van der Waals surface area contributed by atoms with Gasteiger partial charge in [0.15, 0.2) is 10.8 Å². The maximum Gasteiger partial charge on any atom is 0.198 e. The lowest BCUT2D eigenvalue weighted by atomic mass is 9.70. The average molecular weight is 293 g/mol. The molecule has 1 fully saturated rings. The molecule has 1 aliphatic carbocycles. The van der Waals surface area contributed by atoms with Gasteiger partial charge in [0, 0.05) is 18.3 Å². The highest BCUT2D eigenvalue weighted by Crippen LogP contribution is 2.42. The molecule has 3 rings (SSSR count). The van der Waals surface area contributed by atoms with E-state index in [2.05, 4.69) is 36.0 Å². The second-order valence-corrected chi connectivity index (χ2v) is 7.24. The van der Waals surface area contributed by atoms with E-state index in [1.165, 1.54) is 25.7 Å². The first-order valence-corrected chi connectivity index (χ1v) is 7.70. The first kappa shape index (κ1) is 13.8. The zero-order valence-corrected chi connectivity index (χ0v) is 13.1. The molecule has 1 saturated carbocycles. The normalized spacial score (nSPS) is 24.2. The summed E-state index contributed by atoms with van der Waals surface area (Å²) in [6.45, 7) is 7.03. The summed E-state index contributed by atoms with van der Waals surface area (Å²) >= 11 is 6.06. The molecule has 5 heteroatoms. The van der Waals surface area contributed by atoms with E-state index in [1.807, 2.05) is 10.6 Å². The molecule has 4 nitrogen and oxygen atoms in total. The van der Waals surface area contributed by atoms with E-state index in [9.17, 15) is 0 Å². The van der Waals surface area contributed by atoms with Crippen LogP contribution in [0.2, 0.25) is 5.15 Å². The Morgan fingerprint density at radius 3 is 2.50 bits per heavy atom. The highest BCUT2D eigenvalue weighted by atomic mass is 35.5. The summed E-state index contributed by atoms with van der Waals surface area (Å²) in [5.41, 5.74) is 1.08. The van der Waals surface area contributed by atoms with Gasteiger partial charge in [-0.05, 0) is 37.0 Å². The van der Waals surface area contributed by atoms with Crippen molar-refractivity contribution in [2.24, 2.45) is 11.3 Å². The summed E-state index contributed by atoms with van der Waals surface area (Å²) in [4.78, 5) is 4.05. The lowest BCUT2D eigenvalue weighted by Crippen LogP contribution is -2.25. The molecule has 2 heterocycles. The highest BCUT2D eigenvalue weighted by molar-refractivity contribution is 6.32. The maximum absolute atomic E-state index is 6.06. The second-order valence-electron chi connectivity index (χ2n) is 6.88. The third kappa shape index (κ3) is 2.41. The Hall–Kier alpha value is -1.16. The first-order chi connectivity index (χ1) is 9.47. The number of nitrogens with zero attached hydrogens (tertiary/aromatic N) is 4. The van der Waals surface area contributed by atoms with Crippen molar-refractivity contribution in [1.82, 2.24) is 19.6 Å². The summed E-state index contributed by atoms with van der Waals surface area (Å²) in [6, 6.07) is 0. The van der Waals surface area contributed by atoms with Gasteiger partial charge in [-0.25, -0.2) is 4.98 Å². The van der Waals surface area contributed by atoms with E-state index in [1.54, 1.807) is 6.20 Å². The van der Waals surface area contributed by atoms with Crippen LogP contribution in [-0.4, -0.2) is 19.6 Å². The van der Waals surface area contributed by atoms with Gasteiger partial charge in [0.2, 0.25) is 0 Å². The predicted molar refractivity (Wildman–Crippen MR) is 79.9 cm³/mol. The van der Waals surface area contributed by atoms with Crippen LogP contribution in [-0.2, 0) is 0 Å². The van der Waals surface area contributed by atoms with Crippen LogP contribution >= 0.6 is 11.6 Å². The van der Waals surface area contributed by atoms with Crippen molar-refractivity contribution in [3.63, 3.8) is 0 Å². The molecule has 0 spiro atoms. The Kier molecular flexibility index (Phi) is 3.44. The molecule has 0 radical (unpaired) electrons. The summed E-state index contributed by atoms with van der Waals surface area (Å²) in [7, 11) is 0. The van der Waals surface area contributed by atoms with E-state index in [-0.39, 0.29) is 0 Å². The van der Waals surface area contributed by atoms with Gasteiger partial charge in [0.25, 0.3) is 0 Å². The van der Waals surface area contributed by atoms with E-state index >= 15 is 0 Å².